The number of carbonyl (C=O) groups is 1. The zero-order valence-electron chi connectivity index (χ0n) is 11.9. The van der Waals surface area contributed by atoms with Crippen molar-refractivity contribution in [2.45, 2.75) is 25.8 Å². The molecule has 1 N–H and O–H groups in total. The first-order chi connectivity index (χ1) is 10.1. The normalized spacial score (nSPS) is 10.9. The second-order valence-corrected chi connectivity index (χ2v) is 5.86. The van der Waals surface area contributed by atoms with Crippen LogP contribution in [0.25, 0.3) is 10.6 Å². The van der Waals surface area contributed by atoms with Gasteiger partial charge in [-0.15, -0.1) is 22.9 Å². The van der Waals surface area contributed by atoms with E-state index in [2.05, 4.69) is 10.3 Å². The third-order valence-corrected chi connectivity index (χ3v) is 3.87. The van der Waals surface area contributed by atoms with Crippen LogP contribution in [0.2, 0.25) is 0 Å². The Balaban J connectivity index is 2.15. The van der Waals surface area contributed by atoms with Crippen molar-refractivity contribution in [3.63, 3.8) is 0 Å². The molecule has 0 saturated heterocycles. The molecule has 2 rings (SSSR count). The van der Waals surface area contributed by atoms with Crippen LogP contribution >= 0.6 is 22.9 Å². The van der Waals surface area contributed by atoms with Gasteiger partial charge in [0.25, 0.3) is 0 Å². The molecule has 0 saturated carbocycles. The Kier molecular flexibility index (Phi) is 5.73. The van der Waals surface area contributed by atoms with E-state index < -0.39 is 0 Å². The van der Waals surface area contributed by atoms with E-state index in [1.807, 2.05) is 43.5 Å². The maximum atomic E-state index is 11.9. The number of rotatable bonds is 6. The van der Waals surface area contributed by atoms with Crippen LogP contribution in [-0.2, 0) is 15.4 Å². The molecule has 6 heteroatoms. The number of hydrogen-bond donors (Lipinski definition) is 1. The van der Waals surface area contributed by atoms with Gasteiger partial charge in [-0.1, -0.05) is 12.1 Å². The fourth-order valence-corrected chi connectivity index (χ4v) is 2.79. The minimum atomic E-state index is -0.176. The second-order valence-electron chi connectivity index (χ2n) is 4.73. The lowest BCUT2D eigenvalue weighted by Crippen LogP contribution is -2.20. The van der Waals surface area contributed by atoms with Crippen LogP contribution in [0.4, 0.5) is 5.69 Å². The van der Waals surface area contributed by atoms with E-state index >= 15 is 0 Å². The smallest absolute Gasteiger partial charge is 0.250 e. The van der Waals surface area contributed by atoms with Crippen LogP contribution in [0.15, 0.2) is 29.6 Å². The van der Waals surface area contributed by atoms with Crippen LogP contribution in [-0.4, -0.2) is 23.6 Å². The van der Waals surface area contributed by atoms with Gasteiger partial charge in [0, 0.05) is 10.9 Å². The summed E-state index contributed by atoms with van der Waals surface area (Å²) in [7, 11) is 0. The lowest BCUT2D eigenvalue weighted by molar-refractivity contribution is -0.121. The van der Waals surface area contributed by atoms with Crippen molar-refractivity contribution in [2.24, 2.45) is 0 Å². The Morgan fingerprint density at radius 2 is 2.19 bits per heavy atom. The number of thiazole rings is 1. The molecule has 0 unspecified atom stereocenters. The van der Waals surface area contributed by atoms with Crippen LogP contribution < -0.4 is 5.32 Å². The largest absolute Gasteiger partial charge is 0.369 e. The summed E-state index contributed by atoms with van der Waals surface area (Å²) in [5, 5.41) is 5.62. The van der Waals surface area contributed by atoms with E-state index in [1.54, 1.807) is 0 Å². The highest BCUT2D eigenvalue weighted by molar-refractivity contribution is 7.13. The van der Waals surface area contributed by atoms with Crippen molar-refractivity contribution in [1.82, 2.24) is 4.98 Å². The van der Waals surface area contributed by atoms with Crippen LogP contribution in [0.1, 0.15) is 19.5 Å². The number of alkyl halides is 1. The number of carbonyl (C=O) groups excluding carboxylic acids is 1. The summed E-state index contributed by atoms with van der Waals surface area (Å²) in [5.41, 5.74) is 2.45. The standard InChI is InChI=1S/C15H17ClN2O2S/c1-10(2)20-8-14(19)18-13-6-4-3-5-12(13)15-17-11(7-16)9-21-15/h3-6,9-10H,7-8H2,1-2H3,(H,18,19). The van der Waals surface area contributed by atoms with Crippen molar-refractivity contribution in [3.05, 3.63) is 35.3 Å². The molecular weight excluding hydrogens is 308 g/mol. The Bertz CT molecular complexity index is 613. The van der Waals surface area contributed by atoms with Gasteiger partial charge >= 0.3 is 0 Å². The van der Waals surface area contributed by atoms with E-state index in [0.717, 1.165) is 22.0 Å². The van der Waals surface area contributed by atoms with Crippen molar-refractivity contribution < 1.29 is 9.53 Å². The quantitative estimate of drug-likeness (QED) is 0.819. The summed E-state index contributed by atoms with van der Waals surface area (Å²) >= 11 is 7.29. The zero-order chi connectivity index (χ0) is 15.2. The molecule has 1 heterocycles. The fraction of sp³-hybridized carbons (Fsp3) is 0.333. The molecule has 4 nitrogen and oxygen atoms in total. The van der Waals surface area contributed by atoms with Gasteiger partial charge in [-0.05, 0) is 26.0 Å². The van der Waals surface area contributed by atoms with Gasteiger partial charge in [0.1, 0.15) is 11.6 Å². The molecule has 0 radical (unpaired) electrons. The number of nitrogens with one attached hydrogen (secondary N) is 1. The maximum absolute atomic E-state index is 11.9. The summed E-state index contributed by atoms with van der Waals surface area (Å²) in [6, 6.07) is 7.57. The number of ether oxygens (including phenoxy) is 1. The minimum Gasteiger partial charge on any atom is -0.369 e. The first-order valence-corrected chi connectivity index (χ1v) is 8.02. The predicted octanol–water partition coefficient (Wildman–Crippen LogP) is 3.91. The molecule has 1 amide bonds. The van der Waals surface area contributed by atoms with E-state index in [4.69, 9.17) is 16.3 Å². The van der Waals surface area contributed by atoms with E-state index in [0.29, 0.717) is 5.88 Å². The van der Waals surface area contributed by atoms with Gasteiger partial charge in [-0.25, -0.2) is 4.98 Å². The molecule has 0 fully saturated rings. The maximum Gasteiger partial charge on any atom is 0.250 e. The molecule has 0 aliphatic heterocycles. The third-order valence-electron chi connectivity index (χ3n) is 2.67. The van der Waals surface area contributed by atoms with Crippen LogP contribution in [0.5, 0.6) is 0 Å². The number of amides is 1. The fourth-order valence-electron chi connectivity index (χ4n) is 1.70. The summed E-state index contributed by atoms with van der Waals surface area (Å²) < 4.78 is 5.30. The van der Waals surface area contributed by atoms with Crippen molar-refractivity contribution in [2.75, 3.05) is 11.9 Å². The lowest BCUT2D eigenvalue weighted by atomic mass is 10.2. The zero-order valence-corrected chi connectivity index (χ0v) is 13.5. The molecule has 2 aromatic rings. The summed E-state index contributed by atoms with van der Waals surface area (Å²) in [6.07, 6.45) is 0.0243. The lowest BCUT2D eigenvalue weighted by Gasteiger charge is -2.11. The molecule has 0 aliphatic rings. The molecule has 1 aromatic heterocycles. The monoisotopic (exact) mass is 324 g/mol. The number of anilines is 1. The number of hydrogen-bond acceptors (Lipinski definition) is 4. The van der Waals surface area contributed by atoms with Gasteiger partial charge < -0.3 is 10.1 Å². The van der Waals surface area contributed by atoms with E-state index in [-0.39, 0.29) is 18.6 Å². The Morgan fingerprint density at radius 3 is 2.86 bits per heavy atom. The first kappa shape index (κ1) is 15.9. The van der Waals surface area contributed by atoms with Gasteiger partial charge in [-0.3, -0.25) is 4.79 Å². The molecule has 112 valence electrons. The first-order valence-electron chi connectivity index (χ1n) is 6.61. The highest BCUT2D eigenvalue weighted by Gasteiger charge is 2.11. The van der Waals surface area contributed by atoms with E-state index in [1.165, 1.54) is 11.3 Å². The number of halogens is 1. The average Bonchev–Trinajstić information content (AvgIpc) is 2.94. The Labute approximate surface area is 133 Å². The molecule has 21 heavy (non-hydrogen) atoms. The summed E-state index contributed by atoms with van der Waals surface area (Å²) in [6.45, 7) is 3.83. The number of para-hydroxylation sites is 1. The molecule has 0 aliphatic carbocycles. The minimum absolute atomic E-state index is 0.0243. The topological polar surface area (TPSA) is 51.2 Å². The number of aromatic nitrogens is 1. The number of nitrogens with zero attached hydrogens (tertiary/aromatic N) is 1. The van der Waals surface area contributed by atoms with E-state index in [9.17, 15) is 4.79 Å². The summed E-state index contributed by atoms with van der Waals surface area (Å²) in [4.78, 5) is 16.3. The highest BCUT2D eigenvalue weighted by atomic mass is 35.5. The number of benzene rings is 1. The predicted molar refractivity (Wildman–Crippen MR) is 86.8 cm³/mol. The third kappa shape index (κ3) is 4.52. The highest BCUT2D eigenvalue weighted by Crippen LogP contribution is 2.30. The van der Waals surface area contributed by atoms with Gasteiger partial charge in [0.2, 0.25) is 5.91 Å². The molecule has 0 atom stereocenters. The van der Waals surface area contributed by atoms with Crippen LogP contribution in [0, 0.1) is 0 Å². The summed E-state index contributed by atoms with van der Waals surface area (Å²) in [5.74, 6) is 0.207. The molecule has 0 spiro atoms. The molecule has 0 bridgehead atoms. The SMILES string of the molecule is CC(C)OCC(=O)Nc1ccccc1-c1nc(CCl)cs1. The van der Waals surface area contributed by atoms with Crippen molar-refractivity contribution in [3.8, 4) is 10.6 Å². The van der Waals surface area contributed by atoms with Gasteiger partial charge in [0.15, 0.2) is 0 Å². The van der Waals surface area contributed by atoms with Crippen molar-refractivity contribution in [1.29, 1.82) is 0 Å². The Hall–Kier alpha value is -1.43. The molecular formula is C15H17ClN2O2S. The molecule has 1 aromatic carbocycles. The van der Waals surface area contributed by atoms with Gasteiger partial charge in [0.05, 0.1) is 23.4 Å². The van der Waals surface area contributed by atoms with Crippen molar-refractivity contribution >= 4 is 34.5 Å². The van der Waals surface area contributed by atoms with Crippen LogP contribution in [0.3, 0.4) is 0 Å². The van der Waals surface area contributed by atoms with Gasteiger partial charge in [-0.2, -0.15) is 0 Å². The average molecular weight is 325 g/mol. The second kappa shape index (κ2) is 7.54. The Morgan fingerprint density at radius 1 is 1.43 bits per heavy atom.